The summed E-state index contributed by atoms with van der Waals surface area (Å²) in [7, 11) is 4.84. The van der Waals surface area contributed by atoms with Crippen LogP contribution in [0.3, 0.4) is 0 Å². The minimum Gasteiger partial charge on any atom is -0.494 e. The van der Waals surface area contributed by atoms with Gasteiger partial charge in [0, 0.05) is 5.92 Å². The maximum absolute atomic E-state index is 12.6. The van der Waals surface area contributed by atoms with Crippen LogP contribution in [0.25, 0.3) is 5.57 Å². The summed E-state index contributed by atoms with van der Waals surface area (Å²) in [5.74, 6) is 1.53. The Bertz CT molecular complexity index is 1060. The highest BCUT2D eigenvalue weighted by atomic mass is 79.9. The van der Waals surface area contributed by atoms with Gasteiger partial charge in [0.25, 0.3) is 0 Å². The van der Waals surface area contributed by atoms with Crippen LogP contribution in [0.5, 0.6) is 17.2 Å². The molecule has 1 heterocycles. The molecule has 2 aliphatic rings. The zero-order chi connectivity index (χ0) is 21.4. The van der Waals surface area contributed by atoms with Gasteiger partial charge in [-0.1, -0.05) is 6.07 Å². The lowest BCUT2D eigenvalue weighted by Crippen LogP contribution is -2.31. The van der Waals surface area contributed by atoms with Gasteiger partial charge < -0.3 is 14.2 Å². The number of halogens is 2. The van der Waals surface area contributed by atoms with E-state index in [4.69, 9.17) is 14.2 Å². The van der Waals surface area contributed by atoms with Crippen LogP contribution in [0, 0.1) is 5.92 Å². The van der Waals surface area contributed by atoms with E-state index in [-0.39, 0.29) is 17.7 Å². The largest absolute Gasteiger partial charge is 0.494 e. The number of amides is 1. The van der Waals surface area contributed by atoms with E-state index in [0.29, 0.717) is 17.9 Å². The van der Waals surface area contributed by atoms with Crippen LogP contribution in [-0.2, 0) is 4.79 Å². The quantitative estimate of drug-likeness (QED) is 0.590. The van der Waals surface area contributed by atoms with E-state index in [9.17, 15) is 4.79 Å². The number of hydrogen-bond donors (Lipinski definition) is 1. The molecule has 0 saturated carbocycles. The van der Waals surface area contributed by atoms with Gasteiger partial charge >= 0.3 is 0 Å². The summed E-state index contributed by atoms with van der Waals surface area (Å²) in [6, 6.07) is 9.84. The molecule has 0 aromatic heterocycles. The maximum Gasteiger partial charge on any atom is 0.249 e. The van der Waals surface area contributed by atoms with Crippen molar-refractivity contribution in [2.24, 2.45) is 11.0 Å². The third-order valence-electron chi connectivity index (χ3n) is 5.47. The number of nitrogens with zero attached hydrogens (tertiary/aromatic N) is 1. The van der Waals surface area contributed by atoms with Crippen molar-refractivity contribution in [1.29, 1.82) is 0 Å². The maximum atomic E-state index is 12.6. The highest BCUT2D eigenvalue weighted by molar-refractivity contribution is 9.11. The zero-order valence-corrected chi connectivity index (χ0v) is 19.8. The fraction of sp³-hybridized carbons (Fsp3) is 0.273. The Morgan fingerprint density at radius 1 is 1.00 bits per heavy atom. The van der Waals surface area contributed by atoms with E-state index in [1.165, 1.54) is 0 Å². The molecule has 0 radical (unpaired) electrons. The second-order valence-electron chi connectivity index (χ2n) is 7.06. The monoisotopic (exact) mass is 534 g/mol. The number of fused-ring (bicyclic) bond motifs is 1. The number of allylic oxidation sites excluding steroid dienone is 2. The first-order valence-corrected chi connectivity index (χ1v) is 10.9. The third-order valence-corrected chi connectivity index (χ3v) is 6.65. The first-order valence-electron chi connectivity index (χ1n) is 9.30. The fourth-order valence-corrected chi connectivity index (χ4v) is 5.54. The summed E-state index contributed by atoms with van der Waals surface area (Å²) < 4.78 is 18.0. The van der Waals surface area contributed by atoms with Crippen LogP contribution < -0.4 is 19.6 Å². The van der Waals surface area contributed by atoms with Gasteiger partial charge in [0.1, 0.15) is 5.75 Å². The number of hydrazone groups is 1. The average Bonchev–Trinajstić information content (AvgIpc) is 3.13. The lowest BCUT2D eigenvalue weighted by atomic mass is 9.73. The van der Waals surface area contributed by atoms with Crippen LogP contribution in [0.15, 0.2) is 50.5 Å². The van der Waals surface area contributed by atoms with Crippen molar-refractivity contribution in [1.82, 2.24) is 5.43 Å². The standard InChI is InChI=1S/C22H20Br2N2O4/c1-28-18-5-4-11(10-19(18)29-2)14-6-12(9-17-20(14)22(27)26-25-17)13-7-15(23)21(30-3)16(24)8-13/h4-5,7-10,14,20H,6H2,1-3H3,(H,26,27). The van der Waals surface area contributed by atoms with E-state index in [2.05, 4.69) is 42.4 Å². The molecule has 1 amide bonds. The Labute approximate surface area is 191 Å². The zero-order valence-electron chi connectivity index (χ0n) is 16.7. The molecule has 1 aliphatic heterocycles. The summed E-state index contributed by atoms with van der Waals surface area (Å²) in [6.07, 6.45) is 2.68. The second kappa shape index (κ2) is 8.43. The van der Waals surface area contributed by atoms with Crippen LogP contribution in [0.2, 0.25) is 0 Å². The van der Waals surface area contributed by atoms with Crippen molar-refractivity contribution in [2.75, 3.05) is 21.3 Å². The van der Waals surface area contributed by atoms with E-state index >= 15 is 0 Å². The van der Waals surface area contributed by atoms with Crippen molar-refractivity contribution in [3.8, 4) is 17.2 Å². The molecule has 0 saturated heterocycles. The van der Waals surface area contributed by atoms with Gasteiger partial charge in [0.05, 0.1) is 41.9 Å². The Balaban J connectivity index is 1.78. The van der Waals surface area contributed by atoms with E-state index in [0.717, 1.165) is 37.1 Å². The molecule has 0 spiro atoms. The minimum atomic E-state index is -0.336. The third kappa shape index (κ3) is 3.63. The molecule has 2 aromatic carbocycles. The number of rotatable bonds is 5. The van der Waals surface area contributed by atoms with Crippen molar-refractivity contribution in [2.45, 2.75) is 12.3 Å². The first kappa shape index (κ1) is 20.9. The Morgan fingerprint density at radius 2 is 1.70 bits per heavy atom. The van der Waals surface area contributed by atoms with Crippen LogP contribution >= 0.6 is 31.9 Å². The summed E-state index contributed by atoms with van der Waals surface area (Å²) >= 11 is 7.15. The first-order chi connectivity index (χ1) is 14.5. The highest BCUT2D eigenvalue weighted by Crippen LogP contribution is 2.45. The molecule has 0 bridgehead atoms. The van der Waals surface area contributed by atoms with Crippen molar-refractivity contribution in [3.63, 3.8) is 0 Å². The van der Waals surface area contributed by atoms with Crippen LogP contribution in [0.4, 0.5) is 0 Å². The van der Waals surface area contributed by atoms with Gasteiger partial charge in [-0.15, -0.1) is 0 Å². The fourth-order valence-electron chi connectivity index (χ4n) is 4.03. The van der Waals surface area contributed by atoms with Crippen molar-refractivity contribution in [3.05, 3.63) is 56.5 Å². The summed E-state index contributed by atoms with van der Waals surface area (Å²) in [5, 5.41) is 4.28. The molecule has 156 valence electrons. The Kier molecular flexibility index (Phi) is 5.88. The Hall–Kier alpha value is -2.32. The molecule has 8 heteroatoms. The minimum absolute atomic E-state index is 0.0780. The molecular formula is C22H20Br2N2O4. The number of benzene rings is 2. The van der Waals surface area contributed by atoms with Crippen molar-refractivity contribution < 1.29 is 19.0 Å². The highest BCUT2D eigenvalue weighted by Gasteiger charge is 2.40. The molecule has 1 aliphatic carbocycles. The van der Waals surface area contributed by atoms with Gasteiger partial charge in [-0.3, -0.25) is 4.79 Å². The summed E-state index contributed by atoms with van der Waals surface area (Å²) in [4.78, 5) is 12.6. The van der Waals surface area contributed by atoms with Crippen LogP contribution in [-0.4, -0.2) is 32.9 Å². The lowest BCUT2D eigenvalue weighted by molar-refractivity contribution is -0.122. The van der Waals surface area contributed by atoms with Gasteiger partial charge in [-0.05, 0) is 85.3 Å². The van der Waals surface area contributed by atoms with Crippen molar-refractivity contribution >= 4 is 49.1 Å². The topological polar surface area (TPSA) is 69.2 Å². The average molecular weight is 536 g/mol. The number of hydrogen-bond acceptors (Lipinski definition) is 5. The molecule has 2 unspecified atom stereocenters. The number of nitrogens with one attached hydrogen (secondary N) is 1. The van der Waals surface area contributed by atoms with E-state index in [1.54, 1.807) is 21.3 Å². The molecular weight excluding hydrogens is 516 g/mol. The van der Waals surface area contributed by atoms with Crippen LogP contribution in [0.1, 0.15) is 23.5 Å². The van der Waals surface area contributed by atoms with Gasteiger partial charge in [0.15, 0.2) is 11.5 Å². The predicted molar refractivity (Wildman–Crippen MR) is 122 cm³/mol. The molecule has 2 atom stereocenters. The van der Waals surface area contributed by atoms with Gasteiger partial charge in [-0.25, -0.2) is 5.43 Å². The summed E-state index contributed by atoms with van der Waals surface area (Å²) in [6.45, 7) is 0. The molecule has 30 heavy (non-hydrogen) atoms. The summed E-state index contributed by atoms with van der Waals surface area (Å²) in [5.41, 5.74) is 6.49. The van der Waals surface area contributed by atoms with Gasteiger partial charge in [-0.2, -0.15) is 5.10 Å². The smallest absolute Gasteiger partial charge is 0.249 e. The number of carbonyl (C=O) groups excluding carboxylic acids is 1. The Morgan fingerprint density at radius 3 is 2.33 bits per heavy atom. The molecule has 0 fully saturated rings. The van der Waals surface area contributed by atoms with E-state index in [1.807, 2.05) is 36.4 Å². The van der Waals surface area contributed by atoms with Gasteiger partial charge in [0.2, 0.25) is 5.91 Å². The predicted octanol–water partition coefficient (Wildman–Crippen LogP) is 4.91. The molecule has 4 rings (SSSR count). The molecule has 2 aromatic rings. The lowest BCUT2D eigenvalue weighted by Gasteiger charge is -2.29. The molecule has 6 nitrogen and oxygen atoms in total. The SMILES string of the molecule is COc1ccc(C2CC(c3cc(Br)c(OC)c(Br)c3)=CC3=NNC(=O)C32)cc1OC. The molecule has 1 N–H and O–H groups in total. The number of ether oxygens (including phenoxy) is 3. The number of methoxy groups -OCH3 is 3. The second-order valence-corrected chi connectivity index (χ2v) is 8.77. The van der Waals surface area contributed by atoms with E-state index < -0.39 is 0 Å². The normalized spacial score (nSPS) is 20.1. The number of carbonyl (C=O) groups is 1.